The van der Waals surface area contributed by atoms with Crippen LogP contribution in [0.5, 0.6) is 0 Å². The summed E-state index contributed by atoms with van der Waals surface area (Å²) >= 11 is 0. The van der Waals surface area contributed by atoms with Gasteiger partial charge in [-0.3, -0.25) is 4.79 Å². The van der Waals surface area contributed by atoms with Crippen LogP contribution in [0.15, 0.2) is 30.3 Å². The number of carboxylic acids is 1. The Labute approximate surface area is 87.8 Å². The minimum Gasteiger partial charge on any atom is -0.480 e. The van der Waals surface area contributed by atoms with Crippen LogP contribution >= 0.6 is 12.4 Å². The summed E-state index contributed by atoms with van der Waals surface area (Å²) in [5.74, 6) is -1.21. The third-order valence-corrected chi connectivity index (χ3v) is 1.77. The highest BCUT2D eigenvalue weighted by atomic mass is 35.5. The first-order chi connectivity index (χ1) is 6.13. The molecule has 0 aliphatic carbocycles. The van der Waals surface area contributed by atoms with Crippen molar-refractivity contribution in [1.29, 1.82) is 0 Å². The number of hydrogen-bond donors (Lipinski definition) is 3. The monoisotopic (exact) mass is 217 g/mol. The molecule has 2 unspecified atom stereocenters. The maximum absolute atomic E-state index is 10.4. The van der Waals surface area contributed by atoms with E-state index >= 15 is 0 Å². The fraction of sp³-hybridized carbons (Fsp3) is 0.222. The van der Waals surface area contributed by atoms with Crippen LogP contribution in [-0.4, -0.2) is 22.2 Å². The lowest BCUT2D eigenvalue weighted by Gasteiger charge is -2.14. The molecule has 0 saturated carbocycles. The lowest BCUT2D eigenvalue weighted by Crippen LogP contribution is -2.36. The highest BCUT2D eigenvalue weighted by molar-refractivity contribution is 5.85. The van der Waals surface area contributed by atoms with Crippen molar-refractivity contribution in [2.75, 3.05) is 0 Å². The van der Waals surface area contributed by atoms with Crippen LogP contribution in [0.1, 0.15) is 11.7 Å². The van der Waals surface area contributed by atoms with Crippen molar-refractivity contribution >= 4 is 18.4 Å². The van der Waals surface area contributed by atoms with Crippen LogP contribution in [0.3, 0.4) is 0 Å². The van der Waals surface area contributed by atoms with E-state index in [0.29, 0.717) is 5.56 Å². The van der Waals surface area contributed by atoms with Gasteiger partial charge in [-0.15, -0.1) is 12.4 Å². The fourth-order valence-electron chi connectivity index (χ4n) is 0.993. The maximum atomic E-state index is 10.4. The topological polar surface area (TPSA) is 83.6 Å². The summed E-state index contributed by atoms with van der Waals surface area (Å²) in [6, 6.07) is 7.20. The Morgan fingerprint density at radius 1 is 1.29 bits per heavy atom. The van der Waals surface area contributed by atoms with Gasteiger partial charge >= 0.3 is 5.97 Å². The molecular weight excluding hydrogens is 206 g/mol. The highest BCUT2D eigenvalue weighted by Crippen LogP contribution is 2.14. The van der Waals surface area contributed by atoms with Gasteiger partial charge in [-0.05, 0) is 5.56 Å². The fourth-order valence-corrected chi connectivity index (χ4v) is 0.993. The number of carboxylic acid groups (broad SMARTS) is 1. The Morgan fingerprint density at radius 3 is 2.21 bits per heavy atom. The summed E-state index contributed by atoms with van der Waals surface area (Å²) in [7, 11) is 0. The van der Waals surface area contributed by atoms with Gasteiger partial charge < -0.3 is 15.9 Å². The minimum absolute atomic E-state index is 0. The molecule has 4 N–H and O–H groups in total. The van der Waals surface area contributed by atoms with E-state index in [4.69, 9.17) is 10.8 Å². The summed E-state index contributed by atoms with van der Waals surface area (Å²) in [5, 5.41) is 18.0. The Balaban J connectivity index is 0.00000169. The zero-order valence-corrected chi connectivity index (χ0v) is 8.15. The van der Waals surface area contributed by atoms with Crippen LogP contribution < -0.4 is 5.73 Å². The lowest BCUT2D eigenvalue weighted by atomic mass is 10.0. The average Bonchev–Trinajstić information content (AvgIpc) is 2.17. The molecule has 14 heavy (non-hydrogen) atoms. The number of aliphatic hydroxyl groups is 1. The van der Waals surface area contributed by atoms with Gasteiger partial charge in [0, 0.05) is 0 Å². The molecule has 0 heterocycles. The second kappa shape index (κ2) is 5.59. The van der Waals surface area contributed by atoms with Crippen LogP contribution in [0.25, 0.3) is 0 Å². The quantitative estimate of drug-likeness (QED) is 0.691. The van der Waals surface area contributed by atoms with Crippen LogP contribution in [-0.2, 0) is 4.79 Å². The van der Waals surface area contributed by atoms with Crippen molar-refractivity contribution in [3.05, 3.63) is 35.9 Å². The van der Waals surface area contributed by atoms with Gasteiger partial charge in [0.2, 0.25) is 0 Å². The van der Waals surface area contributed by atoms with Crippen LogP contribution in [0.2, 0.25) is 0 Å². The Kier molecular flexibility index (Phi) is 5.15. The number of benzene rings is 1. The Morgan fingerprint density at radius 2 is 1.79 bits per heavy atom. The number of hydrogen-bond acceptors (Lipinski definition) is 3. The second-order valence-corrected chi connectivity index (χ2v) is 2.72. The molecule has 0 radical (unpaired) electrons. The van der Waals surface area contributed by atoms with Crippen molar-refractivity contribution in [3.63, 3.8) is 0 Å². The molecule has 4 nitrogen and oxygen atoms in total. The number of carbonyl (C=O) groups is 1. The molecule has 78 valence electrons. The van der Waals surface area contributed by atoms with E-state index in [1.54, 1.807) is 30.3 Å². The summed E-state index contributed by atoms with van der Waals surface area (Å²) in [6.45, 7) is 0. The number of rotatable bonds is 3. The maximum Gasteiger partial charge on any atom is 0.323 e. The van der Waals surface area contributed by atoms with E-state index in [2.05, 4.69) is 0 Å². The van der Waals surface area contributed by atoms with Crippen LogP contribution in [0.4, 0.5) is 0 Å². The predicted molar refractivity (Wildman–Crippen MR) is 54.3 cm³/mol. The minimum atomic E-state index is -1.28. The molecule has 0 aliphatic heterocycles. The SMILES string of the molecule is Cl.NC(C(=O)O)C(O)c1ccccc1. The zero-order valence-electron chi connectivity index (χ0n) is 7.33. The molecule has 1 rings (SSSR count). The van der Waals surface area contributed by atoms with Gasteiger partial charge in [-0.1, -0.05) is 30.3 Å². The van der Waals surface area contributed by atoms with Gasteiger partial charge in [0.25, 0.3) is 0 Å². The first kappa shape index (κ1) is 12.9. The number of aliphatic hydroxyl groups excluding tert-OH is 1. The first-order valence-corrected chi connectivity index (χ1v) is 3.84. The van der Waals surface area contributed by atoms with Crippen molar-refractivity contribution in [1.82, 2.24) is 0 Å². The number of halogens is 1. The van der Waals surface area contributed by atoms with E-state index in [-0.39, 0.29) is 12.4 Å². The standard InChI is InChI=1S/C9H11NO3.ClH/c10-7(9(12)13)8(11)6-4-2-1-3-5-6;/h1-5,7-8,11H,10H2,(H,12,13);1H. The molecule has 5 heteroatoms. The number of aliphatic carboxylic acids is 1. The van der Waals surface area contributed by atoms with Gasteiger partial charge in [0.1, 0.15) is 12.1 Å². The first-order valence-electron chi connectivity index (χ1n) is 3.84. The summed E-state index contributed by atoms with van der Waals surface area (Å²) in [4.78, 5) is 10.4. The average molecular weight is 218 g/mol. The van der Waals surface area contributed by atoms with Crippen molar-refractivity contribution in [3.8, 4) is 0 Å². The van der Waals surface area contributed by atoms with Gasteiger partial charge in [-0.2, -0.15) is 0 Å². The number of nitrogens with two attached hydrogens (primary N) is 1. The van der Waals surface area contributed by atoms with E-state index in [1.165, 1.54) is 0 Å². The summed E-state index contributed by atoms with van der Waals surface area (Å²) in [5.41, 5.74) is 5.75. The van der Waals surface area contributed by atoms with E-state index in [9.17, 15) is 9.90 Å². The normalized spacial score (nSPS) is 13.9. The molecule has 0 amide bonds. The van der Waals surface area contributed by atoms with E-state index < -0.39 is 18.1 Å². The van der Waals surface area contributed by atoms with Crippen molar-refractivity contribution in [2.45, 2.75) is 12.1 Å². The second-order valence-electron chi connectivity index (χ2n) is 2.72. The molecule has 0 fully saturated rings. The molecule has 0 spiro atoms. The third-order valence-electron chi connectivity index (χ3n) is 1.77. The molecular formula is C9H12ClNO3. The zero-order chi connectivity index (χ0) is 9.84. The molecule has 0 saturated heterocycles. The molecule has 0 aromatic heterocycles. The smallest absolute Gasteiger partial charge is 0.323 e. The molecule has 0 aliphatic rings. The summed E-state index contributed by atoms with van der Waals surface area (Å²) < 4.78 is 0. The van der Waals surface area contributed by atoms with Gasteiger partial charge in [0.15, 0.2) is 0 Å². The Bertz CT molecular complexity index is 291. The highest BCUT2D eigenvalue weighted by Gasteiger charge is 2.22. The van der Waals surface area contributed by atoms with Crippen LogP contribution in [0, 0.1) is 0 Å². The van der Waals surface area contributed by atoms with Gasteiger partial charge in [-0.25, -0.2) is 0 Å². The predicted octanol–water partition coefficient (Wildman–Crippen LogP) is 0.554. The summed E-state index contributed by atoms with van der Waals surface area (Å²) in [6.07, 6.45) is -1.15. The van der Waals surface area contributed by atoms with Gasteiger partial charge in [0.05, 0.1) is 0 Å². The van der Waals surface area contributed by atoms with E-state index in [1.807, 2.05) is 0 Å². The molecule has 0 bridgehead atoms. The third kappa shape index (κ3) is 2.99. The Hall–Kier alpha value is -1.10. The molecule has 1 aromatic rings. The van der Waals surface area contributed by atoms with Crippen molar-refractivity contribution in [2.24, 2.45) is 5.73 Å². The van der Waals surface area contributed by atoms with E-state index in [0.717, 1.165) is 0 Å². The molecule has 2 atom stereocenters. The largest absolute Gasteiger partial charge is 0.480 e. The van der Waals surface area contributed by atoms with Crippen molar-refractivity contribution < 1.29 is 15.0 Å². The molecule has 1 aromatic carbocycles. The lowest BCUT2D eigenvalue weighted by molar-refractivity contribution is -0.141.